The van der Waals surface area contributed by atoms with E-state index in [9.17, 15) is 14.4 Å². The third-order valence-corrected chi connectivity index (χ3v) is 5.75. The largest absolute Gasteiger partial charge is 0.479 e. The van der Waals surface area contributed by atoms with E-state index in [-0.39, 0.29) is 25.5 Å². The van der Waals surface area contributed by atoms with Gasteiger partial charge in [-0.25, -0.2) is 4.99 Å². The second kappa shape index (κ2) is 7.74. The monoisotopic (exact) mass is 417 g/mol. The van der Waals surface area contributed by atoms with Crippen molar-refractivity contribution >= 4 is 23.8 Å². The van der Waals surface area contributed by atoms with Crippen LogP contribution in [0.5, 0.6) is 0 Å². The van der Waals surface area contributed by atoms with Crippen molar-refractivity contribution in [2.45, 2.75) is 58.3 Å². The van der Waals surface area contributed by atoms with E-state index in [0.29, 0.717) is 5.56 Å². The molecule has 0 spiro atoms. The molecular formula is C22H27NO7. The first-order valence-corrected chi connectivity index (χ1v) is 10.0. The van der Waals surface area contributed by atoms with Crippen molar-refractivity contribution in [2.24, 2.45) is 10.4 Å². The average Bonchev–Trinajstić information content (AvgIpc) is 2.89. The van der Waals surface area contributed by atoms with Crippen LogP contribution in [-0.4, -0.2) is 48.7 Å². The molecule has 2 aliphatic rings. The summed E-state index contributed by atoms with van der Waals surface area (Å²) < 4.78 is 22.5. The Balaban J connectivity index is 2.31. The van der Waals surface area contributed by atoms with Crippen molar-refractivity contribution in [3.8, 4) is 0 Å². The quantitative estimate of drug-likeness (QED) is 0.518. The molecule has 1 aliphatic heterocycles. The molecule has 3 rings (SSSR count). The zero-order chi connectivity index (χ0) is 22.2. The van der Waals surface area contributed by atoms with E-state index < -0.39 is 40.6 Å². The second-order valence-electron chi connectivity index (χ2n) is 7.64. The molecule has 8 heteroatoms. The van der Waals surface area contributed by atoms with E-state index in [1.807, 2.05) is 18.2 Å². The van der Waals surface area contributed by atoms with Crippen molar-refractivity contribution < 1.29 is 33.3 Å². The Morgan fingerprint density at radius 2 is 1.73 bits per heavy atom. The normalized spacial score (nSPS) is 31.6. The number of aliphatic imine (C=N–C) groups is 1. The summed E-state index contributed by atoms with van der Waals surface area (Å²) in [6.07, 6.45) is -1.04. The molecule has 1 aliphatic carbocycles. The van der Waals surface area contributed by atoms with Crippen LogP contribution in [0.2, 0.25) is 0 Å². The number of carbonyl (C=O) groups is 3. The van der Waals surface area contributed by atoms with E-state index in [1.54, 1.807) is 32.9 Å². The third-order valence-electron chi connectivity index (χ3n) is 5.75. The zero-order valence-electron chi connectivity index (χ0n) is 17.9. The lowest BCUT2D eigenvalue weighted by Gasteiger charge is -2.62. The van der Waals surface area contributed by atoms with Crippen LogP contribution in [-0.2, 0) is 38.9 Å². The first-order valence-electron chi connectivity index (χ1n) is 10.0. The topological polar surface area (TPSA) is 100 Å². The lowest BCUT2D eigenvalue weighted by molar-refractivity contribution is -0.249. The Kier molecular flexibility index (Phi) is 5.62. The summed E-state index contributed by atoms with van der Waals surface area (Å²) in [6, 6.07) is 9.05. The summed E-state index contributed by atoms with van der Waals surface area (Å²) in [5.74, 6) is -1.56. The highest BCUT2D eigenvalue weighted by molar-refractivity contribution is 5.99. The molecule has 0 unspecified atom stereocenters. The van der Waals surface area contributed by atoms with Crippen LogP contribution in [0.3, 0.4) is 0 Å². The minimum absolute atomic E-state index is 0.0608. The van der Waals surface area contributed by atoms with Crippen LogP contribution in [0.1, 0.15) is 46.6 Å². The Morgan fingerprint density at radius 1 is 1.07 bits per heavy atom. The summed E-state index contributed by atoms with van der Waals surface area (Å²) in [5, 5.41) is 0. The standard InChI is InChI=1S/C22H27NO7/c1-6-27-18-17(29-14(3)24)21(19(26)28-7-2)13-20(5,30-15(4)25)22(21,23-18)16-11-9-8-10-12-16/h8-12,17H,6-7,13H2,1-5H3/t17-,20-,21-,22-/m1/s1. The van der Waals surface area contributed by atoms with Gasteiger partial charge in [-0.15, -0.1) is 0 Å². The number of nitrogens with zero attached hydrogens (tertiary/aromatic N) is 1. The maximum absolute atomic E-state index is 13.4. The van der Waals surface area contributed by atoms with Gasteiger partial charge in [0.2, 0.25) is 5.90 Å². The molecule has 1 saturated carbocycles. The van der Waals surface area contributed by atoms with Crippen molar-refractivity contribution in [3.05, 3.63) is 35.9 Å². The van der Waals surface area contributed by atoms with Crippen molar-refractivity contribution in [2.75, 3.05) is 13.2 Å². The molecule has 0 saturated heterocycles. The van der Waals surface area contributed by atoms with Gasteiger partial charge in [-0.2, -0.15) is 0 Å². The van der Waals surface area contributed by atoms with Crippen molar-refractivity contribution in [3.63, 3.8) is 0 Å². The molecule has 0 aromatic heterocycles. The van der Waals surface area contributed by atoms with E-state index in [2.05, 4.69) is 0 Å². The maximum Gasteiger partial charge on any atom is 0.319 e. The molecule has 0 radical (unpaired) electrons. The van der Waals surface area contributed by atoms with Gasteiger partial charge in [-0.3, -0.25) is 14.4 Å². The van der Waals surface area contributed by atoms with E-state index in [1.165, 1.54) is 13.8 Å². The fourth-order valence-electron chi connectivity index (χ4n) is 4.98. The van der Waals surface area contributed by atoms with E-state index in [4.69, 9.17) is 23.9 Å². The number of carbonyl (C=O) groups excluding carboxylic acids is 3. The average molecular weight is 417 g/mol. The van der Waals surface area contributed by atoms with Gasteiger partial charge in [0.25, 0.3) is 0 Å². The Morgan fingerprint density at radius 3 is 2.27 bits per heavy atom. The number of benzene rings is 1. The molecule has 4 atom stereocenters. The number of esters is 3. The fourth-order valence-corrected chi connectivity index (χ4v) is 4.98. The minimum atomic E-state index is -1.43. The highest BCUT2D eigenvalue weighted by Gasteiger charge is 2.86. The van der Waals surface area contributed by atoms with Crippen LogP contribution >= 0.6 is 0 Å². The fraction of sp³-hybridized carbons (Fsp3) is 0.545. The highest BCUT2D eigenvalue weighted by Crippen LogP contribution is 2.71. The molecule has 1 heterocycles. The van der Waals surface area contributed by atoms with Gasteiger partial charge >= 0.3 is 17.9 Å². The molecule has 1 aromatic rings. The Hall–Kier alpha value is -2.90. The first-order chi connectivity index (χ1) is 14.2. The van der Waals surface area contributed by atoms with Crippen LogP contribution < -0.4 is 0 Å². The van der Waals surface area contributed by atoms with E-state index in [0.717, 1.165) is 0 Å². The van der Waals surface area contributed by atoms with Gasteiger partial charge < -0.3 is 18.9 Å². The van der Waals surface area contributed by atoms with Gasteiger partial charge in [-0.05, 0) is 26.3 Å². The summed E-state index contributed by atoms with van der Waals surface area (Å²) in [6.45, 7) is 8.14. The van der Waals surface area contributed by atoms with Gasteiger partial charge in [0.1, 0.15) is 11.1 Å². The van der Waals surface area contributed by atoms with Crippen LogP contribution in [0.25, 0.3) is 0 Å². The number of hydrogen-bond donors (Lipinski definition) is 0. The lowest BCUT2D eigenvalue weighted by atomic mass is 9.43. The molecule has 30 heavy (non-hydrogen) atoms. The van der Waals surface area contributed by atoms with Crippen molar-refractivity contribution in [1.29, 1.82) is 0 Å². The SMILES string of the molecule is CCOC(=O)[C@]12C[C@@](C)(OC(C)=O)[C@@]1(c1ccccc1)N=C(OCC)[C@H]2OC(C)=O. The minimum Gasteiger partial charge on any atom is -0.479 e. The van der Waals surface area contributed by atoms with Gasteiger partial charge in [-0.1, -0.05) is 30.3 Å². The number of rotatable bonds is 6. The molecule has 162 valence electrons. The summed E-state index contributed by atoms with van der Waals surface area (Å²) >= 11 is 0. The molecule has 0 bridgehead atoms. The Bertz CT molecular complexity index is 883. The highest BCUT2D eigenvalue weighted by atomic mass is 16.6. The number of hydrogen-bond acceptors (Lipinski definition) is 8. The number of ether oxygens (including phenoxy) is 4. The van der Waals surface area contributed by atoms with Crippen LogP contribution in [0, 0.1) is 5.41 Å². The van der Waals surface area contributed by atoms with E-state index >= 15 is 0 Å². The molecule has 1 aromatic carbocycles. The first kappa shape index (κ1) is 21.8. The third kappa shape index (κ3) is 2.88. The molecule has 0 amide bonds. The van der Waals surface area contributed by atoms with Gasteiger partial charge in [0.15, 0.2) is 11.5 Å². The predicted octanol–water partition coefficient (Wildman–Crippen LogP) is 2.54. The van der Waals surface area contributed by atoms with Crippen LogP contribution in [0.15, 0.2) is 35.3 Å². The summed E-state index contributed by atoms with van der Waals surface area (Å²) in [7, 11) is 0. The molecular weight excluding hydrogens is 390 g/mol. The number of fused-ring (bicyclic) bond motifs is 1. The molecule has 8 nitrogen and oxygen atoms in total. The van der Waals surface area contributed by atoms with Crippen molar-refractivity contribution in [1.82, 2.24) is 0 Å². The predicted molar refractivity (Wildman–Crippen MR) is 107 cm³/mol. The lowest BCUT2D eigenvalue weighted by Crippen LogP contribution is -2.76. The summed E-state index contributed by atoms with van der Waals surface area (Å²) in [5.41, 5.74) is -3.33. The Labute approximate surface area is 175 Å². The van der Waals surface area contributed by atoms with Gasteiger partial charge in [0.05, 0.1) is 13.2 Å². The smallest absolute Gasteiger partial charge is 0.319 e. The molecule has 1 fully saturated rings. The van der Waals surface area contributed by atoms with Gasteiger partial charge in [0, 0.05) is 20.3 Å². The van der Waals surface area contributed by atoms with Crippen LogP contribution in [0.4, 0.5) is 0 Å². The summed E-state index contributed by atoms with van der Waals surface area (Å²) in [4.78, 5) is 42.2. The zero-order valence-corrected chi connectivity index (χ0v) is 17.9. The molecule has 0 N–H and O–H groups in total. The second-order valence-corrected chi connectivity index (χ2v) is 7.64. The maximum atomic E-state index is 13.4.